The molecule has 15 heavy (non-hydrogen) atoms. The number of aliphatic imine (C=N–C) groups is 1. The third-order valence-corrected chi connectivity index (χ3v) is 3.14. The van der Waals surface area contributed by atoms with E-state index < -0.39 is 0 Å². The van der Waals surface area contributed by atoms with Crippen LogP contribution in [0, 0.1) is 5.92 Å². The van der Waals surface area contributed by atoms with Crippen LogP contribution in [0.25, 0.3) is 0 Å². The van der Waals surface area contributed by atoms with Crippen molar-refractivity contribution < 1.29 is 0 Å². The Morgan fingerprint density at radius 3 is 2.40 bits per heavy atom. The maximum atomic E-state index is 4.80. The molecule has 0 heterocycles. The lowest BCUT2D eigenvalue weighted by Gasteiger charge is -2.02. The summed E-state index contributed by atoms with van der Waals surface area (Å²) in [5, 5.41) is 0. The fourth-order valence-electron chi connectivity index (χ4n) is 2.04. The standard InChI is InChI=1S/C14H23N/c1-5-9-11(6-2)13-10-14(13)15-12(7-3)8-4/h5,9,13-14H,1,6-8,10H2,2-4H3/b11-9+. The second kappa shape index (κ2) is 5.89. The highest BCUT2D eigenvalue weighted by atomic mass is 14.9. The Hall–Kier alpha value is -0.850. The molecule has 0 aliphatic heterocycles. The molecule has 0 amide bonds. The first kappa shape index (κ1) is 12.2. The average molecular weight is 205 g/mol. The van der Waals surface area contributed by atoms with Crippen LogP contribution in [0.2, 0.25) is 0 Å². The maximum absolute atomic E-state index is 4.80. The minimum atomic E-state index is 0.575. The summed E-state index contributed by atoms with van der Waals surface area (Å²) in [6.07, 6.45) is 8.65. The summed E-state index contributed by atoms with van der Waals surface area (Å²) in [5.41, 5.74) is 2.89. The van der Waals surface area contributed by atoms with E-state index in [1.165, 1.54) is 17.7 Å². The van der Waals surface area contributed by atoms with Gasteiger partial charge < -0.3 is 0 Å². The van der Waals surface area contributed by atoms with Crippen molar-refractivity contribution in [2.75, 3.05) is 0 Å². The van der Waals surface area contributed by atoms with E-state index >= 15 is 0 Å². The fraction of sp³-hybridized carbons (Fsp3) is 0.643. The number of nitrogens with zero attached hydrogens (tertiary/aromatic N) is 1. The molecule has 1 rings (SSSR count). The zero-order valence-electron chi connectivity index (χ0n) is 10.3. The summed E-state index contributed by atoms with van der Waals surface area (Å²) in [6.45, 7) is 10.4. The molecule has 0 spiro atoms. The van der Waals surface area contributed by atoms with Crippen LogP contribution < -0.4 is 0 Å². The summed E-state index contributed by atoms with van der Waals surface area (Å²) in [5.74, 6) is 0.709. The highest BCUT2D eigenvalue weighted by molar-refractivity contribution is 5.84. The number of hydrogen-bond donors (Lipinski definition) is 0. The summed E-state index contributed by atoms with van der Waals surface area (Å²) >= 11 is 0. The molecule has 0 aromatic carbocycles. The van der Waals surface area contributed by atoms with E-state index in [2.05, 4.69) is 33.4 Å². The molecule has 1 aliphatic carbocycles. The SMILES string of the molecule is C=C/C=C(\CC)C1CC1N=C(CC)CC. The van der Waals surface area contributed by atoms with E-state index in [1.54, 1.807) is 0 Å². The van der Waals surface area contributed by atoms with Gasteiger partial charge in [0.2, 0.25) is 0 Å². The number of allylic oxidation sites excluding steroid dienone is 2. The fourth-order valence-corrected chi connectivity index (χ4v) is 2.04. The first-order chi connectivity index (χ1) is 7.26. The zero-order chi connectivity index (χ0) is 11.3. The molecule has 0 N–H and O–H groups in total. The van der Waals surface area contributed by atoms with Crippen molar-refractivity contribution in [2.45, 2.75) is 52.5 Å². The van der Waals surface area contributed by atoms with E-state index in [0.29, 0.717) is 12.0 Å². The Morgan fingerprint density at radius 1 is 1.27 bits per heavy atom. The largest absolute Gasteiger partial charge is 0.290 e. The van der Waals surface area contributed by atoms with Crippen LogP contribution in [-0.4, -0.2) is 11.8 Å². The highest BCUT2D eigenvalue weighted by Gasteiger charge is 2.38. The number of hydrogen-bond acceptors (Lipinski definition) is 1. The molecular formula is C14H23N. The highest BCUT2D eigenvalue weighted by Crippen LogP contribution is 2.41. The van der Waals surface area contributed by atoms with Gasteiger partial charge in [-0.25, -0.2) is 0 Å². The van der Waals surface area contributed by atoms with Gasteiger partial charge in [-0.1, -0.05) is 45.1 Å². The van der Waals surface area contributed by atoms with Gasteiger partial charge in [-0.05, 0) is 25.7 Å². The Morgan fingerprint density at radius 2 is 1.93 bits per heavy atom. The molecule has 1 heteroatoms. The third kappa shape index (κ3) is 3.33. The molecule has 2 atom stereocenters. The van der Waals surface area contributed by atoms with Gasteiger partial charge >= 0.3 is 0 Å². The predicted molar refractivity (Wildman–Crippen MR) is 68.5 cm³/mol. The van der Waals surface area contributed by atoms with Gasteiger partial charge in [0.1, 0.15) is 0 Å². The van der Waals surface area contributed by atoms with Crippen molar-refractivity contribution in [3.05, 3.63) is 24.3 Å². The van der Waals surface area contributed by atoms with E-state index in [0.717, 1.165) is 19.3 Å². The molecule has 1 saturated carbocycles. The van der Waals surface area contributed by atoms with Crippen molar-refractivity contribution in [2.24, 2.45) is 10.9 Å². The quantitative estimate of drug-likeness (QED) is 0.456. The molecule has 0 saturated heterocycles. The molecule has 1 nitrogen and oxygen atoms in total. The summed E-state index contributed by atoms with van der Waals surface area (Å²) < 4.78 is 0. The molecule has 0 aromatic heterocycles. The molecule has 1 fully saturated rings. The number of rotatable bonds is 6. The lowest BCUT2D eigenvalue weighted by Crippen LogP contribution is -1.97. The topological polar surface area (TPSA) is 12.4 Å². The normalized spacial score (nSPS) is 24.9. The van der Waals surface area contributed by atoms with Gasteiger partial charge in [0.05, 0.1) is 6.04 Å². The molecular weight excluding hydrogens is 182 g/mol. The second-order valence-electron chi connectivity index (χ2n) is 4.14. The van der Waals surface area contributed by atoms with Crippen LogP contribution in [0.3, 0.4) is 0 Å². The van der Waals surface area contributed by atoms with Gasteiger partial charge in [0.15, 0.2) is 0 Å². The van der Waals surface area contributed by atoms with Gasteiger partial charge in [0.25, 0.3) is 0 Å². The first-order valence-corrected chi connectivity index (χ1v) is 6.13. The van der Waals surface area contributed by atoms with E-state index in [9.17, 15) is 0 Å². The van der Waals surface area contributed by atoms with Crippen molar-refractivity contribution in [1.82, 2.24) is 0 Å². The van der Waals surface area contributed by atoms with Crippen LogP contribution in [0.1, 0.15) is 46.5 Å². The predicted octanol–water partition coefficient (Wildman–Crippen LogP) is 4.16. The molecule has 1 aliphatic rings. The van der Waals surface area contributed by atoms with Crippen LogP contribution in [0.4, 0.5) is 0 Å². The van der Waals surface area contributed by atoms with Crippen molar-refractivity contribution in [3.63, 3.8) is 0 Å². The second-order valence-corrected chi connectivity index (χ2v) is 4.14. The third-order valence-electron chi connectivity index (χ3n) is 3.14. The molecule has 0 aromatic rings. The molecule has 84 valence electrons. The monoisotopic (exact) mass is 205 g/mol. The lowest BCUT2D eigenvalue weighted by atomic mass is 10.1. The van der Waals surface area contributed by atoms with E-state index in [4.69, 9.17) is 4.99 Å². The van der Waals surface area contributed by atoms with Crippen LogP contribution in [0.15, 0.2) is 29.3 Å². The van der Waals surface area contributed by atoms with Gasteiger partial charge in [-0.2, -0.15) is 0 Å². The van der Waals surface area contributed by atoms with E-state index in [1.807, 2.05) is 6.08 Å². The van der Waals surface area contributed by atoms with E-state index in [-0.39, 0.29) is 0 Å². The van der Waals surface area contributed by atoms with Gasteiger partial charge in [-0.15, -0.1) is 0 Å². The van der Waals surface area contributed by atoms with Gasteiger partial charge in [0, 0.05) is 11.6 Å². The van der Waals surface area contributed by atoms with Crippen LogP contribution in [-0.2, 0) is 0 Å². The maximum Gasteiger partial charge on any atom is 0.0571 e. The first-order valence-electron chi connectivity index (χ1n) is 6.13. The molecule has 0 radical (unpaired) electrons. The Balaban J connectivity index is 2.56. The summed E-state index contributed by atoms with van der Waals surface area (Å²) in [6, 6.07) is 0.575. The zero-order valence-corrected chi connectivity index (χ0v) is 10.3. The summed E-state index contributed by atoms with van der Waals surface area (Å²) in [4.78, 5) is 4.80. The average Bonchev–Trinajstić information content (AvgIpc) is 3.01. The molecule has 0 bridgehead atoms. The Bertz CT molecular complexity index is 267. The van der Waals surface area contributed by atoms with Gasteiger partial charge in [-0.3, -0.25) is 4.99 Å². The Kier molecular flexibility index (Phi) is 4.80. The minimum Gasteiger partial charge on any atom is -0.290 e. The lowest BCUT2D eigenvalue weighted by molar-refractivity contribution is 0.856. The van der Waals surface area contributed by atoms with Crippen molar-refractivity contribution in [1.29, 1.82) is 0 Å². The van der Waals surface area contributed by atoms with Crippen LogP contribution >= 0.6 is 0 Å². The smallest absolute Gasteiger partial charge is 0.0571 e. The minimum absolute atomic E-state index is 0.575. The Labute approximate surface area is 94.0 Å². The molecule has 2 unspecified atom stereocenters. The van der Waals surface area contributed by atoms with Crippen molar-refractivity contribution >= 4 is 5.71 Å². The summed E-state index contributed by atoms with van der Waals surface area (Å²) in [7, 11) is 0. The van der Waals surface area contributed by atoms with Crippen LogP contribution in [0.5, 0.6) is 0 Å². The van der Waals surface area contributed by atoms with Crippen molar-refractivity contribution in [3.8, 4) is 0 Å².